The van der Waals surface area contributed by atoms with Crippen LogP contribution >= 0.6 is 0 Å². The molecule has 172 valence electrons. The van der Waals surface area contributed by atoms with Crippen LogP contribution in [0.1, 0.15) is 18.5 Å². The van der Waals surface area contributed by atoms with Crippen LogP contribution in [-0.2, 0) is 4.79 Å². The van der Waals surface area contributed by atoms with Crippen molar-refractivity contribution in [1.82, 2.24) is 14.8 Å². The number of benzene rings is 2. The van der Waals surface area contributed by atoms with Crippen molar-refractivity contribution < 1.29 is 23.7 Å². The van der Waals surface area contributed by atoms with Gasteiger partial charge in [-0.1, -0.05) is 0 Å². The lowest BCUT2D eigenvalue weighted by molar-refractivity contribution is -0.113. The van der Waals surface area contributed by atoms with Gasteiger partial charge in [0.2, 0.25) is 11.7 Å². The minimum Gasteiger partial charge on any atom is -0.497 e. The average Bonchev–Trinajstić information content (AvgIpc) is 3.30. The molecule has 10 heteroatoms. The van der Waals surface area contributed by atoms with E-state index in [1.54, 1.807) is 49.2 Å². The third kappa shape index (κ3) is 3.91. The normalized spacial score (nSPS) is 14.8. The number of methoxy groups -OCH3 is 4. The fourth-order valence-corrected chi connectivity index (χ4v) is 3.89. The second-order valence-electron chi connectivity index (χ2n) is 7.20. The van der Waals surface area contributed by atoms with E-state index in [9.17, 15) is 4.79 Å². The number of aromatic nitrogens is 3. The Bertz CT molecular complexity index is 1200. The molecule has 2 heterocycles. The summed E-state index contributed by atoms with van der Waals surface area (Å²) in [6.07, 6.45) is 1.43. The fourth-order valence-electron chi connectivity index (χ4n) is 3.89. The Hall–Kier alpha value is -4.21. The number of ether oxygens (including phenoxy) is 4. The third-order valence-electron chi connectivity index (χ3n) is 5.42. The number of carbonyl (C=O) groups excluding carboxylic acids is 1. The predicted octanol–water partition coefficient (Wildman–Crippen LogP) is 3.24. The van der Waals surface area contributed by atoms with Crippen molar-refractivity contribution >= 4 is 17.5 Å². The Morgan fingerprint density at radius 3 is 2.33 bits per heavy atom. The minimum absolute atomic E-state index is 0.298. The van der Waals surface area contributed by atoms with Crippen molar-refractivity contribution in [3.8, 4) is 23.0 Å². The van der Waals surface area contributed by atoms with Gasteiger partial charge in [-0.25, -0.2) is 4.68 Å². The number of allylic oxidation sites excluding steroid dienone is 1. The first-order valence-corrected chi connectivity index (χ1v) is 10.1. The van der Waals surface area contributed by atoms with Gasteiger partial charge in [0, 0.05) is 16.9 Å². The lowest BCUT2D eigenvalue weighted by atomic mass is 9.93. The van der Waals surface area contributed by atoms with Gasteiger partial charge in [0.1, 0.15) is 18.1 Å². The van der Waals surface area contributed by atoms with Gasteiger partial charge in [0.25, 0.3) is 5.91 Å². The standard InChI is InChI=1S/C23H25N5O5/c1-13-18(22(29)27-14-6-8-15(30-2)9-7-14)19(28-23(26-13)24-12-25-28)16-10-11-17(31-3)21(33-5)20(16)32-4/h6-12,19H,1-5H3,(H,27,29)(H,24,25,26). The van der Waals surface area contributed by atoms with Crippen molar-refractivity contribution in [1.29, 1.82) is 0 Å². The summed E-state index contributed by atoms with van der Waals surface area (Å²) in [5.74, 6) is 2.28. The van der Waals surface area contributed by atoms with Crippen molar-refractivity contribution in [2.45, 2.75) is 13.0 Å². The van der Waals surface area contributed by atoms with Crippen LogP contribution in [-0.4, -0.2) is 49.1 Å². The summed E-state index contributed by atoms with van der Waals surface area (Å²) in [7, 11) is 6.21. The first kappa shape index (κ1) is 22.0. The van der Waals surface area contributed by atoms with Crippen LogP contribution < -0.4 is 29.6 Å². The monoisotopic (exact) mass is 451 g/mol. The molecule has 2 N–H and O–H groups in total. The van der Waals surface area contributed by atoms with Crippen LogP contribution in [0, 0.1) is 0 Å². The van der Waals surface area contributed by atoms with Crippen molar-refractivity contribution in [2.24, 2.45) is 0 Å². The number of nitrogens with one attached hydrogen (secondary N) is 2. The summed E-state index contributed by atoms with van der Waals surface area (Å²) in [6.45, 7) is 1.82. The molecule has 0 radical (unpaired) electrons. The van der Waals surface area contributed by atoms with E-state index in [1.165, 1.54) is 20.5 Å². The molecule has 1 atom stereocenters. The van der Waals surface area contributed by atoms with E-state index in [2.05, 4.69) is 20.7 Å². The van der Waals surface area contributed by atoms with Gasteiger partial charge in [-0.15, -0.1) is 0 Å². The van der Waals surface area contributed by atoms with Gasteiger partial charge in [-0.2, -0.15) is 10.1 Å². The summed E-state index contributed by atoms with van der Waals surface area (Å²) >= 11 is 0. The van der Waals surface area contributed by atoms with Crippen LogP contribution in [0.3, 0.4) is 0 Å². The molecule has 0 saturated heterocycles. The summed E-state index contributed by atoms with van der Waals surface area (Å²) < 4.78 is 23.5. The number of fused-ring (bicyclic) bond motifs is 1. The molecule has 2 aromatic carbocycles. The Morgan fingerprint density at radius 1 is 0.970 bits per heavy atom. The zero-order chi connectivity index (χ0) is 23.5. The molecule has 0 aliphatic carbocycles. The van der Waals surface area contributed by atoms with E-state index in [0.29, 0.717) is 51.5 Å². The van der Waals surface area contributed by atoms with Gasteiger partial charge in [0.05, 0.1) is 34.0 Å². The van der Waals surface area contributed by atoms with Crippen LogP contribution in [0.25, 0.3) is 0 Å². The van der Waals surface area contributed by atoms with Crippen LogP contribution in [0.15, 0.2) is 54.0 Å². The Balaban J connectivity index is 1.82. The molecular weight excluding hydrogens is 426 g/mol. The molecule has 4 rings (SSSR count). The molecule has 1 aliphatic heterocycles. The highest BCUT2D eigenvalue weighted by Crippen LogP contribution is 2.46. The molecular formula is C23H25N5O5. The molecule has 0 bridgehead atoms. The molecule has 1 unspecified atom stereocenters. The molecule has 3 aromatic rings. The van der Waals surface area contributed by atoms with Crippen LogP contribution in [0.4, 0.5) is 11.6 Å². The van der Waals surface area contributed by atoms with Gasteiger partial charge >= 0.3 is 0 Å². The van der Waals surface area contributed by atoms with E-state index in [-0.39, 0.29) is 5.91 Å². The van der Waals surface area contributed by atoms with Crippen LogP contribution in [0.5, 0.6) is 23.0 Å². The highest BCUT2D eigenvalue weighted by molar-refractivity contribution is 6.06. The van der Waals surface area contributed by atoms with Gasteiger partial charge < -0.3 is 29.6 Å². The van der Waals surface area contributed by atoms with Crippen LogP contribution in [0.2, 0.25) is 0 Å². The van der Waals surface area contributed by atoms with E-state index >= 15 is 0 Å². The maximum absolute atomic E-state index is 13.5. The second-order valence-corrected chi connectivity index (χ2v) is 7.20. The van der Waals surface area contributed by atoms with E-state index in [0.717, 1.165) is 0 Å². The smallest absolute Gasteiger partial charge is 0.255 e. The van der Waals surface area contributed by atoms with Crippen molar-refractivity contribution in [3.63, 3.8) is 0 Å². The summed E-state index contributed by atoms with van der Waals surface area (Å²) in [5.41, 5.74) is 2.39. The molecule has 10 nitrogen and oxygen atoms in total. The number of hydrogen-bond acceptors (Lipinski definition) is 8. The molecule has 0 spiro atoms. The second kappa shape index (κ2) is 9.11. The highest BCUT2D eigenvalue weighted by Gasteiger charge is 2.36. The van der Waals surface area contributed by atoms with E-state index < -0.39 is 6.04 Å². The van der Waals surface area contributed by atoms with E-state index in [4.69, 9.17) is 18.9 Å². The lowest BCUT2D eigenvalue weighted by Gasteiger charge is -2.30. The zero-order valence-corrected chi connectivity index (χ0v) is 19.0. The highest BCUT2D eigenvalue weighted by atomic mass is 16.5. The average molecular weight is 451 g/mol. The Kier molecular flexibility index (Phi) is 6.07. The number of hydrogen-bond donors (Lipinski definition) is 2. The number of nitrogens with zero attached hydrogens (tertiary/aromatic N) is 3. The first-order valence-electron chi connectivity index (χ1n) is 10.1. The minimum atomic E-state index is -0.628. The molecule has 0 saturated carbocycles. The maximum atomic E-state index is 13.5. The Labute approximate surface area is 191 Å². The van der Waals surface area contributed by atoms with Crippen molar-refractivity contribution in [3.05, 3.63) is 59.6 Å². The lowest BCUT2D eigenvalue weighted by Crippen LogP contribution is -2.31. The molecule has 33 heavy (non-hydrogen) atoms. The molecule has 0 fully saturated rings. The molecule has 1 amide bonds. The summed E-state index contributed by atoms with van der Waals surface area (Å²) in [4.78, 5) is 17.8. The topological polar surface area (TPSA) is 109 Å². The maximum Gasteiger partial charge on any atom is 0.255 e. The molecule has 1 aliphatic rings. The fraction of sp³-hybridized carbons (Fsp3) is 0.261. The third-order valence-corrected chi connectivity index (χ3v) is 5.42. The van der Waals surface area contributed by atoms with Gasteiger partial charge in [-0.05, 0) is 43.3 Å². The van der Waals surface area contributed by atoms with E-state index in [1.807, 2.05) is 13.0 Å². The number of carbonyl (C=O) groups is 1. The molecule has 1 aromatic heterocycles. The first-order chi connectivity index (χ1) is 16.0. The van der Waals surface area contributed by atoms with Crippen molar-refractivity contribution in [2.75, 3.05) is 39.1 Å². The summed E-state index contributed by atoms with van der Waals surface area (Å²) in [6, 6.07) is 10.1. The Morgan fingerprint density at radius 2 is 1.70 bits per heavy atom. The number of anilines is 2. The van der Waals surface area contributed by atoms with Gasteiger partial charge in [0.15, 0.2) is 11.5 Å². The SMILES string of the molecule is COc1ccc(NC(=O)C2=C(C)Nc3ncnn3C2c2ccc(OC)c(OC)c2OC)cc1. The van der Waals surface area contributed by atoms with Gasteiger partial charge in [-0.3, -0.25) is 4.79 Å². The number of amides is 1. The largest absolute Gasteiger partial charge is 0.497 e. The predicted molar refractivity (Wildman–Crippen MR) is 122 cm³/mol. The quantitative estimate of drug-likeness (QED) is 0.564. The summed E-state index contributed by atoms with van der Waals surface area (Å²) in [5, 5.41) is 10.5. The number of rotatable bonds is 7. The zero-order valence-electron chi connectivity index (χ0n) is 19.0.